The molecule has 0 atom stereocenters. The average Bonchev–Trinajstić information content (AvgIpc) is 3.18. The molecule has 3 heterocycles. The third-order valence-electron chi connectivity index (χ3n) is 5.31. The van der Waals surface area contributed by atoms with Crippen LogP contribution in [0.15, 0.2) is 60.7 Å². The number of para-hydroxylation sites is 1. The van der Waals surface area contributed by atoms with E-state index in [0.29, 0.717) is 29.9 Å². The van der Waals surface area contributed by atoms with E-state index >= 15 is 0 Å². The van der Waals surface area contributed by atoms with Gasteiger partial charge in [-0.2, -0.15) is 12.7 Å². The Morgan fingerprint density at radius 1 is 1.03 bits per heavy atom. The Kier molecular flexibility index (Phi) is 4.93. The minimum Gasteiger partial charge on any atom is -0.379 e. The van der Waals surface area contributed by atoms with Gasteiger partial charge in [0.2, 0.25) is 0 Å². The summed E-state index contributed by atoms with van der Waals surface area (Å²) >= 11 is 0. The zero-order chi connectivity index (χ0) is 21.4. The minimum absolute atomic E-state index is 0.204. The number of ether oxygens (including phenoxy) is 1. The standard InChI is InChI=1S/C22H20N4O4S/c27-22(25-31(28,29)26-10-12-30-13-11-26)17-14-19(15-6-2-1-3-7-15)24-20-16-8-4-5-9-18(16)23-21(17)20/h1-9,14,23H,10-13H2,(H,25,27). The molecule has 0 radical (unpaired) electrons. The van der Waals surface area contributed by atoms with Crippen LogP contribution >= 0.6 is 0 Å². The number of H-pyrrole nitrogens is 1. The second-order valence-corrected chi connectivity index (χ2v) is 8.93. The average molecular weight is 436 g/mol. The third kappa shape index (κ3) is 3.67. The normalized spacial score (nSPS) is 15.4. The van der Waals surface area contributed by atoms with E-state index in [4.69, 9.17) is 9.72 Å². The smallest absolute Gasteiger partial charge is 0.304 e. The van der Waals surface area contributed by atoms with Gasteiger partial charge in [0.15, 0.2) is 0 Å². The van der Waals surface area contributed by atoms with Gasteiger partial charge in [0.25, 0.3) is 5.91 Å². The van der Waals surface area contributed by atoms with Gasteiger partial charge in [0.05, 0.1) is 35.5 Å². The molecule has 0 spiro atoms. The molecule has 158 valence electrons. The minimum atomic E-state index is -3.99. The Balaban J connectivity index is 1.63. The first-order chi connectivity index (χ1) is 15.0. The molecular formula is C22H20N4O4S. The number of aromatic nitrogens is 2. The summed E-state index contributed by atoms with van der Waals surface area (Å²) in [6.45, 7) is 1.01. The first-order valence-corrected chi connectivity index (χ1v) is 11.3. The van der Waals surface area contributed by atoms with Crippen LogP contribution in [0.1, 0.15) is 10.4 Å². The maximum atomic E-state index is 13.2. The van der Waals surface area contributed by atoms with Gasteiger partial charge < -0.3 is 9.72 Å². The van der Waals surface area contributed by atoms with Crippen molar-refractivity contribution in [3.63, 3.8) is 0 Å². The number of benzene rings is 2. The molecule has 0 bridgehead atoms. The van der Waals surface area contributed by atoms with Gasteiger partial charge in [-0.3, -0.25) is 4.79 Å². The van der Waals surface area contributed by atoms with Crippen molar-refractivity contribution in [1.82, 2.24) is 19.0 Å². The summed E-state index contributed by atoms with van der Waals surface area (Å²) in [5, 5.41) is 0.861. The Morgan fingerprint density at radius 3 is 2.52 bits per heavy atom. The van der Waals surface area contributed by atoms with Gasteiger partial charge in [-0.15, -0.1) is 0 Å². The van der Waals surface area contributed by atoms with E-state index in [-0.39, 0.29) is 18.7 Å². The van der Waals surface area contributed by atoms with Crippen LogP contribution in [0.4, 0.5) is 0 Å². The van der Waals surface area contributed by atoms with Crippen molar-refractivity contribution in [2.45, 2.75) is 0 Å². The quantitative estimate of drug-likeness (QED) is 0.512. The highest BCUT2D eigenvalue weighted by atomic mass is 32.2. The summed E-state index contributed by atoms with van der Waals surface area (Å²) in [7, 11) is -3.99. The molecule has 0 saturated carbocycles. The molecular weight excluding hydrogens is 416 g/mol. The van der Waals surface area contributed by atoms with Crippen LogP contribution in [-0.4, -0.2) is 54.9 Å². The Bertz CT molecular complexity index is 1380. The van der Waals surface area contributed by atoms with Gasteiger partial charge in [-0.1, -0.05) is 48.5 Å². The van der Waals surface area contributed by atoms with Gasteiger partial charge >= 0.3 is 10.2 Å². The molecule has 4 aromatic rings. The molecule has 1 fully saturated rings. The van der Waals surface area contributed by atoms with Crippen molar-refractivity contribution in [1.29, 1.82) is 0 Å². The number of pyridine rings is 1. The number of fused-ring (bicyclic) bond motifs is 3. The fourth-order valence-electron chi connectivity index (χ4n) is 3.76. The Labute approximate surface area is 179 Å². The molecule has 9 heteroatoms. The number of amides is 1. The molecule has 1 saturated heterocycles. The number of hydrogen-bond donors (Lipinski definition) is 2. The topological polar surface area (TPSA) is 104 Å². The van der Waals surface area contributed by atoms with Crippen molar-refractivity contribution < 1.29 is 17.9 Å². The van der Waals surface area contributed by atoms with Crippen LogP contribution in [0.3, 0.4) is 0 Å². The number of nitrogens with zero attached hydrogens (tertiary/aromatic N) is 2. The predicted octanol–water partition coefficient (Wildman–Crippen LogP) is 2.69. The van der Waals surface area contributed by atoms with Crippen molar-refractivity contribution in [3.8, 4) is 11.3 Å². The molecule has 0 unspecified atom stereocenters. The Morgan fingerprint density at radius 2 is 1.74 bits per heavy atom. The molecule has 1 aliphatic rings. The zero-order valence-corrected chi connectivity index (χ0v) is 17.4. The lowest BCUT2D eigenvalue weighted by Gasteiger charge is -2.25. The number of nitrogens with one attached hydrogen (secondary N) is 2. The van der Waals surface area contributed by atoms with Crippen LogP contribution in [0.5, 0.6) is 0 Å². The summed E-state index contributed by atoms with van der Waals surface area (Å²) in [5.74, 6) is -0.706. The lowest BCUT2D eigenvalue weighted by Crippen LogP contribution is -2.48. The van der Waals surface area contributed by atoms with Gasteiger partial charge in [-0.25, -0.2) is 9.71 Å². The largest absolute Gasteiger partial charge is 0.379 e. The number of aromatic amines is 1. The Hall–Kier alpha value is -3.27. The second-order valence-electron chi connectivity index (χ2n) is 7.26. The zero-order valence-electron chi connectivity index (χ0n) is 16.5. The predicted molar refractivity (Wildman–Crippen MR) is 118 cm³/mol. The van der Waals surface area contributed by atoms with Crippen molar-refractivity contribution in [2.24, 2.45) is 0 Å². The molecule has 2 N–H and O–H groups in total. The van der Waals surface area contributed by atoms with E-state index in [9.17, 15) is 13.2 Å². The second kappa shape index (κ2) is 7.77. The molecule has 1 amide bonds. The molecule has 31 heavy (non-hydrogen) atoms. The van der Waals surface area contributed by atoms with E-state index in [1.807, 2.05) is 54.6 Å². The summed E-state index contributed by atoms with van der Waals surface area (Å²) in [6, 6.07) is 18.7. The van der Waals surface area contributed by atoms with E-state index < -0.39 is 16.1 Å². The maximum absolute atomic E-state index is 13.2. The number of rotatable bonds is 4. The fourth-order valence-corrected chi connectivity index (χ4v) is 4.86. The molecule has 1 aliphatic heterocycles. The fraction of sp³-hybridized carbons (Fsp3) is 0.182. The van der Waals surface area contributed by atoms with Gasteiger partial charge in [0, 0.05) is 29.6 Å². The van der Waals surface area contributed by atoms with E-state index in [0.717, 1.165) is 16.5 Å². The molecule has 2 aromatic carbocycles. The van der Waals surface area contributed by atoms with Crippen LogP contribution in [0, 0.1) is 0 Å². The highest BCUT2D eigenvalue weighted by molar-refractivity contribution is 7.87. The number of hydrogen-bond acceptors (Lipinski definition) is 5. The first-order valence-electron chi connectivity index (χ1n) is 9.90. The van der Waals surface area contributed by atoms with E-state index in [1.165, 1.54) is 4.31 Å². The van der Waals surface area contributed by atoms with E-state index in [1.54, 1.807) is 6.07 Å². The molecule has 8 nitrogen and oxygen atoms in total. The van der Waals surface area contributed by atoms with Crippen LogP contribution in [0.25, 0.3) is 33.2 Å². The first kappa shape index (κ1) is 19.7. The summed E-state index contributed by atoms with van der Waals surface area (Å²) in [5.41, 5.74) is 3.57. The SMILES string of the molecule is O=C(NS(=O)(=O)N1CCOCC1)c1cc(-c2ccccc2)nc2c1[nH]c1ccccc12. The lowest BCUT2D eigenvalue weighted by molar-refractivity contribution is 0.0719. The summed E-state index contributed by atoms with van der Waals surface area (Å²) in [4.78, 5) is 21.2. The number of carbonyl (C=O) groups is 1. The van der Waals surface area contributed by atoms with Gasteiger partial charge in [0.1, 0.15) is 0 Å². The highest BCUT2D eigenvalue weighted by Gasteiger charge is 2.28. The van der Waals surface area contributed by atoms with Crippen LogP contribution < -0.4 is 4.72 Å². The third-order valence-corrected chi connectivity index (χ3v) is 6.80. The lowest BCUT2D eigenvalue weighted by atomic mass is 10.1. The number of morpholine rings is 1. The van der Waals surface area contributed by atoms with Crippen molar-refractivity contribution >= 4 is 38.1 Å². The molecule has 2 aromatic heterocycles. The van der Waals surface area contributed by atoms with Gasteiger partial charge in [-0.05, 0) is 12.1 Å². The van der Waals surface area contributed by atoms with E-state index in [2.05, 4.69) is 9.71 Å². The maximum Gasteiger partial charge on any atom is 0.304 e. The summed E-state index contributed by atoms with van der Waals surface area (Å²) < 4.78 is 34.1. The van der Waals surface area contributed by atoms with Crippen LogP contribution in [0.2, 0.25) is 0 Å². The summed E-state index contributed by atoms with van der Waals surface area (Å²) in [6.07, 6.45) is 0. The van der Waals surface area contributed by atoms with Crippen molar-refractivity contribution in [2.75, 3.05) is 26.3 Å². The molecule has 0 aliphatic carbocycles. The number of carbonyl (C=O) groups excluding carboxylic acids is 1. The highest BCUT2D eigenvalue weighted by Crippen LogP contribution is 2.30. The van der Waals surface area contributed by atoms with Crippen LogP contribution in [-0.2, 0) is 14.9 Å². The monoisotopic (exact) mass is 436 g/mol. The molecule has 5 rings (SSSR count). The van der Waals surface area contributed by atoms with Crippen molar-refractivity contribution in [3.05, 3.63) is 66.2 Å².